The minimum absolute atomic E-state index is 0.497. The maximum absolute atomic E-state index is 5.88. The fourth-order valence-corrected chi connectivity index (χ4v) is 2.27. The van der Waals surface area contributed by atoms with Crippen LogP contribution >= 0.6 is 15.9 Å². The van der Waals surface area contributed by atoms with Gasteiger partial charge in [0.05, 0.1) is 18.4 Å². The molecule has 96 valence electrons. The molecule has 5 heteroatoms. The van der Waals surface area contributed by atoms with Gasteiger partial charge in [0.2, 0.25) is 5.89 Å². The number of para-hydroxylation sites is 1. The molecule has 1 aromatic heterocycles. The van der Waals surface area contributed by atoms with Crippen LogP contribution in [0, 0.1) is 0 Å². The summed E-state index contributed by atoms with van der Waals surface area (Å²) in [5, 5.41) is 0. The minimum atomic E-state index is 0.497. The van der Waals surface area contributed by atoms with Crippen LogP contribution in [0.1, 0.15) is 0 Å². The third-order valence-electron chi connectivity index (χ3n) is 2.84. The molecule has 0 bridgehead atoms. The van der Waals surface area contributed by atoms with E-state index in [1.165, 1.54) is 0 Å². The summed E-state index contributed by atoms with van der Waals surface area (Å²) in [7, 11) is 1.61. The van der Waals surface area contributed by atoms with Crippen LogP contribution in [0.2, 0.25) is 0 Å². The van der Waals surface area contributed by atoms with E-state index in [1.807, 2.05) is 30.3 Å². The summed E-state index contributed by atoms with van der Waals surface area (Å²) in [5.74, 6) is 1.19. The van der Waals surface area contributed by atoms with Crippen molar-refractivity contribution in [3.8, 4) is 17.2 Å². The van der Waals surface area contributed by atoms with Gasteiger partial charge in [-0.3, -0.25) is 0 Å². The summed E-state index contributed by atoms with van der Waals surface area (Å²) in [6.45, 7) is 0. The molecule has 2 N–H and O–H groups in total. The summed E-state index contributed by atoms with van der Waals surface area (Å²) in [6, 6.07) is 11.2. The third kappa shape index (κ3) is 2.06. The number of hydrogen-bond donors (Lipinski definition) is 1. The standard InChI is InChI=1S/C14H11BrN2O2/c1-18-12-7-8(15)5-6-9(12)14-17-13-10(16)3-2-4-11(13)19-14/h2-7H,16H2,1H3. The zero-order chi connectivity index (χ0) is 13.4. The van der Waals surface area contributed by atoms with E-state index in [9.17, 15) is 0 Å². The Kier molecular flexibility index (Phi) is 2.91. The SMILES string of the molecule is COc1cc(Br)ccc1-c1nc2c(N)cccc2o1. The van der Waals surface area contributed by atoms with Crippen LogP contribution in [0.4, 0.5) is 5.69 Å². The Morgan fingerprint density at radius 3 is 2.84 bits per heavy atom. The van der Waals surface area contributed by atoms with Gasteiger partial charge in [-0.25, -0.2) is 4.98 Å². The first kappa shape index (κ1) is 12.0. The maximum Gasteiger partial charge on any atom is 0.231 e. The molecule has 2 aromatic carbocycles. The molecule has 19 heavy (non-hydrogen) atoms. The second kappa shape index (κ2) is 4.59. The van der Waals surface area contributed by atoms with Crippen molar-refractivity contribution in [3.05, 3.63) is 40.9 Å². The monoisotopic (exact) mass is 318 g/mol. The molecule has 0 aliphatic heterocycles. The van der Waals surface area contributed by atoms with Crippen molar-refractivity contribution in [2.24, 2.45) is 0 Å². The maximum atomic E-state index is 5.88. The average molecular weight is 319 g/mol. The Morgan fingerprint density at radius 1 is 1.26 bits per heavy atom. The first-order valence-corrected chi connectivity index (χ1v) is 6.47. The van der Waals surface area contributed by atoms with Crippen molar-refractivity contribution in [1.29, 1.82) is 0 Å². The molecule has 0 aliphatic carbocycles. The van der Waals surface area contributed by atoms with E-state index in [0.717, 1.165) is 10.0 Å². The fourth-order valence-electron chi connectivity index (χ4n) is 1.93. The van der Waals surface area contributed by atoms with Gasteiger partial charge in [0, 0.05) is 4.47 Å². The quantitative estimate of drug-likeness (QED) is 0.729. The highest BCUT2D eigenvalue weighted by Gasteiger charge is 2.14. The molecule has 3 aromatic rings. The van der Waals surface area contributed by atoms with Gasteiger partial charge in [0.15, 0.2) is 5.58 Å². The van der Waals surface area contributed by atoms with Gasteiger partial charge < -0.3 is 14.9 Å². The zero-order valence-electron chi connectivity index (χ0n) is 10.2. The van der Waals surface area contributed by atoms with Crippen molar-refractivity contribution in [1.82, 2.24) is 4.98 Å². The highest BCUT2D eigenvalue weighted by Crippen LogP contribution is 2.34. The molecule has 4 nitrogen and oxygen atoms in total. The lowest BCUT2D eigenvalue weighted by Gasteiger charge is -2.05. The molecule has 0 atom stereocenters. The number of oxazole rings is 1. The van der Waals surface area contributed by atoms with E-state index < -0.39 is 0 Å². The third-order valence-corrected chi connectivity index (χ3v) is 3.34. The van der Waals surface area contributed by atoms with Crippen LogP contribution < -0.4 is 10.5 Å². The summed E-state index contributed by atoms with van der Waals surface area (Å²) in [4.78, 5) is 4.43. The molecular weight excluding hydrogens is 308 g/mol. The highest BCUT2D eigenvalue weighted by molar-refractivity contribution is 9.10. The lowest BCUT2D eigenvalue weighted by atomic mass is 10.2. The molecule has 0 unspecified atom stereocenters. The summed E-state index contributed by atoms with van der Waals surface area (Å²) in [5.41, 5.74) is 8.61. The largest absolute Gasteiger partial charge is 0.496 e. The first-order chi connectivity index (χ1) is 9.19. The molecule has 0 amide bonds. The number of nitrogens with two attached hydrogens (primary N) is 1. The van der Waals surface area contributed by atoms with Crippen LogP contribution in [-0.2, 0) is 0 Å². The van der Waals surface area contributed by atoms with Crippen molar-refractivity contribution < 1.29 is 9.15 Å². The smallest absolute Gasteiger partial charge is 0.231 e. The van der Waals surface area contributed by atoms with Gasteiger partial charge in [-0.05, 0) is 30.3 Å². The van der Waals surface area contributed by atoms with Crippen molar-refractivity contribution >= 4 is 32.7 Å². The number of rotatable bonds is 2. The van der Waals surface area contributed by atoms with Crippen LogP contribution in [-0.4, -0.2) is 12.1 Å². The normalized spacial score (nSPS) is 10.8. The van der Waals surface area contributed by atoms with Gasteiger partial charge in [0.1, 0.15) is 11.3 Å². The predicted octanol–water partition coefficient (Wildman–Crippen LogP) is 3.85. The number of aromatic nitrogens is 1. The molecule has 0 saturated carbocycles. The van der Waals surface area contributed by atoms with Gasteiger partial charge in [-0.1, -0.05) is 22.0 Å². The molecule has 1 heterocycles. The van der Waals surface area contributed by atoms with Crippen LogP contribution in [0.5, 0.6) is 5.75 Å². The number of halogens is 1. The first-order valence-electron chi connectivity index (χ1n) is 5.68. The van der Waals surface area contributed by atoms with Crippen LogP contribution in [0.3, 0.4) is 0 Å². The molecular formula is C14H11BrN2O2. The average Bonchev–Trinajstić information content (AvgIpc) is 2.83. The van der Waals surface area contributed by atoms with E-state index in [2.05, 4.69) is 20.9 Å². The lowest BCUT2D eigenvalue weighted by molar-refractivity contribution is 0.414. The van der Waals surface area contributed by atoms with E-state index in [-0.39, 0.29) is 0 Å². The zero-order valence-corrected chi connectivity index (χ0v) is 11.8. The molecule has 0 aliphatic rings. The summed E-state index contributed by atoms with van der Waals surface area (Å²) < 4.78 is 12.0. The van der Waals surface area contributed by atoms with Crippen molar-refractivity contribution in [2.45, 2.75) is 0 Å². The van der Waals surface area contributed by atoms with Crippen LogP contribution in [0.25, 0.3) is 22.6 Å². The van der Waals surface area contributed by atoms with E-state index in [1.54, 1.807) is 13.2 Å². The van der Waals surface area contributed by atoms with Gasteiger partial charge in [0.25, 0.3) is 0 Å². The Morgan fingerprint density at radius 2 is 2.11 bits per heavy atom. The lowest BCUT2D eigenvalue weighted by Crippen LogP contribution is -1.88. The van der Waals surface area contributed by atoms with Crippen LogP contribution in [0.15, 0.2) is 45.3 Å². The Hall–Kier alpha value is -2.01. The summed E-state index contributed by atoms with van der Waals surface area (Å²) in [6.07, 6.45) is 0. The second-order valence-electron chi connectivity index (χ2n) is 4.06. The van der Waals surface area contributed by atoms with Crippen molar-refractivity contribution in [3.63, 3.8) is 0 Å². The number of nitrogen functional groups attached to an aromatic ring is 1. The number of anilines is 1. The van der Waals surface area contributed by atoms with Gasteiger partial charge in [-0.15, -0.1) is 0 Å². The number of benzene rings is 2. The van der Waals surface area contributed by atoms with E-state index in [0.29, 0.717) is 28.4 Å². The highest BCUT2D eigenvalue weighted by atomic mass is 79.9. The number of methoxy groups -OCH3 is 1. The minimum Gasteiger partial charge on any atom is -0.496 e. The number of fused-ring (bicyclic) bond motifs is 1. The molecule has 3 rings (SSSR count). The molecule has 0 radical (unpaired) electrons. The second-order valence-corrected chi connectivity index (χ2v) is 4.97. The molecule has 0 spiro atoms. The van der Waals surface area contributed by atoms with E-state index in [4.69, 9.17) is 14.9 Å². The van der Waals surface area contributed by atoms with Gasteiger partial charge in [-0.2, -0.15) is 0 Å². The van der Waals surface area contributed by atoms with Crippen molar-refractivity contribution in [2.75, 3.05) is 12.8 Å². The predicted molar refractivity (Wildman–Crippen MR) is 78.1 cm³/mol. The summed E-state index contributed by atoms with van der Waals surface area (Å²) >= 11 is 3.40. The Balaban J connectivity index is 2.22. The number of nitrogens with zero attached hydrogens (tertiary/aromatic N) is 1. The Labute approximate surface area is 118 Å². The van der Waals surface area contributed by atoms with E-state index >= 15 is 0 Å². The Bertz CT molecular complexity index is 752. The van der Waals surface area contributed by atoms with Gasteiger partial charge >= 0.3 is 0 Å². The number of ether oxygens (including phenoxy) is 1. The molecule has 0 saturated heterocycles. The molecule has 0 fully saturated rings. The number of hydrogen-bond acceptors (Lipinski definition) is 4. The topological polar surface area (TPSA) is 61.3 Å². The fraction of sp³-hybridized carbons (Fsp3) is 0.0714.